The van der Waals surface area contributed by atoms with E-state index in [-0.39, 0.29) is 5.97 Å². The Morgan fingerprint density at radius 1 is 0.510 bits per heavy atom. The van der Waals surface area contributed by atoms with Crippen LogP contribution >= 0.6 is 0 Å². The van der Waals surface area contributed by atoms with E-state index in [2.05, 4.69) is 57.9 Å². The van der Waals surface area contributed by atoms with Gasteiger partial charge in [0.25, 0.3) is 0 Å². The van der Waals surface area contributed by atoms with Gasteiger partial charge in [0.15, 0.2) is 23.9 Å². The van der Waals surface area contributed by atoms with E-state index >= 15 is 0 Å². The Labute approximate surface area is 318 Å². The molecule has 0 aliphatic carbocycles. The van der Waals surface area contributed by atoms with Crippen LogP contribution in [0, 0.1) is 26.7 Å². The van der Waals surface area contributed by atoms with E-state index in [0.717, 1.165) is 30.7 Å². The number of aryl methyl sites for hydroxylation is 3. The number of aromatic nitrogens is 1. The number of ether oxygens (including phenoxy) is 2. The monoisotopic (exact) mass is 713 g/mol. The molecule has 0 spiro atoms. The quantitative estimate of drug-likeness (QED) is 0.0298. The molecule has 1 heterocycles. The zero-order chi connectivity index (χ0) is 37.2. The number of hydrogen-bond acceptors (Lipinski definition) is 3. The average molecular weight is 713 g/mol. The minimum atomic E-state index is -0.497. The van der Waals surface area contributed by atoms with Crippen molar-refractivity contribution < 1.29 is 18.8 Å². The van der Waals surface area contributed by atoms with Crippen molar-refractivity contribution in [3.63, 3.8) is 0 Å². The van der Waals surface area contributed by atoms with Gasteiger partial charge in [0.2, 0.25) is 0 Å². The first-order valence-electron chi connectivity index (χ1n) is 22.4. The van der Waals surface area contributed by atoms with Gasteiger partial charge in [-0.05, 0) is 25.3 Å². The summed E-state index contributed by atoms with van der Waals surface area (Å²) >= 11 is 0. The lowest BCUT2D eigenvalue weighted by atomic mass is 10.0. The van der Waals surface area contributed by atoms with E-state index < -0.39 is 5.92 Å². The highest BCUT2D eigenvalue weighted by molar-refractivity contribution is 5.74. The van der Waals surface area contributed by atoms with Crippen molar-refractivity contribution >= 4 is 5.97 Å². The topological polar surface area (TPSA) is 39.4 Å². The maximum absolute atomic E-state index is 13.4. The Morgan fingerprint density at radius 2 is 0.804 bits per heavy atom. The van der Waals surface area contributed by atoms with E-state index in [0.29, 0.717) is 25.5 Å². The van der Waals surface area contributed by atoms with E-state index in [1.807, 2.05) is 0 Å². The SMILES string of the molecule is C=C(OCCCCCCCCCCCCCCCCC)C(C[n+]1c(C)cc(C)cc1C)C(=O)OCCCCCCCCCCCCCCCCC. The fraction of sp³-hybridized carbons (Fsp3) is 0.830. The summed E-state index contributed by atoms with van der Waals surface area (Å²) in [5, 5.41) is 0. The minimum Gasteiger partial charge on any atom is -0.497 e. The van der Waals surface area contributed by atoms with Crippen molar-refractivity contribution in [3.8, 4) is 0 Å². The molecule has 51 heavy (non-hydrogen) atoms. The van der Waals surface area contributed by atoms with Crippen molar-refractivity contribution in [2.45, 2.75) is 234 Å². The Balaban J connectivity index is 2.27. The molecule has 296 valence electrons. The van der Waals surface area contributed by atoms with Gasteiger partial charge in [0.1, 0.15) is 5.76 Å². The molecule has 0 saturated carbocycles. The number of carbonyl (C=O) groups is 1. The summed E-state index contributed by atoms with van der Waals surface area (Å²) in [5.74, 6) is -0.148. The van der Waals surface area contributed by atoms with Gasteiger partial charge in [-0.15, -0.1) is 0 Å². The molecule has 0 radical (unpaired) electrons. The highest BCUT2D eigenvalue weighted by Crippen LogP contribution is 2.19. The molecule has 0 N–H and O–H groups in total. The van der Waals surface area contributed by atoms with Gasteiger partial charge < -0.3 is 9.47 Å². The maximum atomic E-state index is 13.4. The number of nitrogens with zero attached hydrogens (tertiary/aromatic N) is 1. The zero-order valence-electron chi connectivity index (χ0n) is 34.9. The molecule has 1 unspecified atom stereocenters. The van der Waals surface area contributed by atoms with Crippen molar-refractivity contribution in [3.05, 3.63) is 41.4 Å². The molecular formula is C47H86NO3+. The van der Waals surface area contributed by atoms with Crippen LogP contribution in [0.1, 0.15) is 223 Å². The van der Waals surface area contributed by atoms with Crippen LogP contribution in [0.3, 0.4) is 0 Å². The van der Waals surface area contributed by atoms with Crippen LogP contribution in [-0.2, 0) is 20.8 Å². The Kier molecular flexibility index (Phi) is 31.4. The summed E-state index contributed by atoms with van der Waals surface area (Å²) in [6.45, 7) is 16.8. The number of rotatable bonds is 37. The average Bonchev–Trinajstić information content (AvgIpc) is 3.10. The number of esters is 1. The molecule has 4 heteroatoms. The van der Waals surface area contributed by atoms with Gasteiger partial charge >= 0.3 is 5.97 Å². The van der Waals surface area contributed by atoms with Crippen LogP contribution in [0.15, 0.2) is 24.5 Å². The van der Waals surface area contributed by atoms with Crippen LogP contribution in [0.2, 0.25) is 0 Å². The summed E-state index contributed by atoms with van der Waals surface area (Å²) in [6, 6.07) is 4.34. The number of hydrogen-bond donors (Lipinski definition) is 0. The molecule has 0 fully saturated rings. The van der Waals surface area contributed by atoms with Crippen LogP contribution in [0.5, 0.6) is 0 Å². The second-order valence-corrected chi connectivity index (χ2v) is 15.9. The first-order valence-corrected chi connectivity index (χ1v) is 22.4. The molecule has 0 saturated heterocycles. The summed E-state index contributed by atoms with van der Waals surface area (Å²) in [6.07, 6.45) is 40.1. The molecule has 0 amide bonds. The van der Waals surface area contributed by atoms with Crippen LogP contribution in [0.25, 0.3) is 0 Å². The fourth-order valence-corrected chi connectivity index (χ4v) is 7.44. The summed E-state index contributed by atoms with van der Waals surface area (Å²) in [4.78, 5) is 13.4. The predicted octanol–water partition coefficient (Wildman–Crippen LogP) is 14.3. The van der Waals surface area contributed by atoms with Crippen LogP contribution < -0.4 is 4.57 Å². The number of unbranched alkanes of at least 4 members (excludes halogenated alkanes) is 28. The van der Waals surface area contributed by atoms with Gasteiger partial charge in [-0.25, -0.2) is 0 Å². The first kappa shape index (κ1) is 47.2. The van der Waals surface area contributed by atoms with Crippen molar-refractivity contribution in [2.75, 3.05) is 13.2 Å². The fourth-order valence-electron chi connectivity index (χ4n) is 7.44. The van der Waals surface area contributed by atoms with Crippen molar-refractivity contribution in [1.29, 1.82) is 0 Å². The lowest BCUT2D eigenvalue weighted by Crippen LogP contribution is -2.46. The Hall–Kier alpha value is -1.84. The van der Waals surface area contributed by atoms with Crippen molar-refractivity contribution in [2.24, 2.45) is 5.92 Å². The normalized spacial score (nSPS) is 11.9. The van der Waals surface area contributed by atoms with E-state index in [1.165, 1.54) is 179 Å². The molecule has 1 atom stereocenters. The van der Waals surface area contributed by atoms with Gasteiger partial charge in [0, 0.05) is 26.0 Å². The largest absolute Gasteiger partial charge is 0.497 e. The van der Waals surface area contributed by atoms with Gasteiger partial charge in [-0.3, -0.25) is 4.79 Å². The summed E-state index contributed by atoms with van der Waals surface area (Å²) in [5.41, 5.74) is 3.52. The Morgan fingerprint density at radius 3 is 1.14 bits per heavy atom. The van der Waals surface area contributed by atoms with Gasteiger partial charge in [-0.1, -0.05) is 200 Å². The standard InChI is InChI=1S/C47H86NO3/c1-7-9-11-13-15-17-19-21-23-25-27-29-31-33-35-37-50-45(6)46(41-48-43(4)39-42(3)40-44(48)5)47(49)51-38-36-34-32-30-28-26-24-22-20-18-16-14-12-10-8-2/h39-40,46H,6-38,41H2,1-5H3/q+1. The van der Waals surface area contributed by atoms with Crippen LogP contribution in [-0.4, -0.2) is 19.2 Å². The smallest absolute Gasteiger partial charge is 0.323 e. The van der Waals surface area contributed by atoms with E-state index in [1.54, 1.807) is 0 Å². The van der Waals surface area contributed by atoms with Gasteiger partial charge in [-0.2, -0.15) is 4.57 Å². The second-order valence-electron chi connectivity index (χ2n) is 15.9. The summed E-state index contributed by atoms with van der Waals surface area (Å²) < 4.78 is 14.2. The lowest BCUT2D eigenvalue weighted by molar-refractivity contribution is -0.712. The van der Waals surface area contributed by atoms with Gasteiger partial charge in [0.05, 0.1) is 13.2 Å². The molecule has 4 nitrogen and oxygen atoms in total. The number of carbonyl (C=O) groups excluding carboxylic acids is 1. The zero-order valence-corrected chi connectivity index (χ0v) is 34.9. The van der Waals surface area contributed by atoms with E-state index in [4.69, 9.17) is 9.47 Å². The third kappa shape index (κ3) is 26.6. The van der Waals surface area contributed by atoms with Crippen molar-refractivity contribution in [1.82, 2.24) is 0 Å². The molecule has 1 aromatic rings. The minimum absolute atomic E-state index is 0.200. The highest BCUT2D eigenvalue weighted by atomic mass is 16.5. The molecule has 1 aromatic heterocycles. The second kappa shape index (κ2) is 34.0. The molecule has 0 aromatic carbocycles. The molecule has 0 bridgehead atoms. The highest BCUT2D eigenvalue weighted by Gasteiger charge is 2.31. The molecule has 1 rings (SSSR count). The third-order valence-electron chi connectivity index (χ3n) is 10.8. The molecule has 0 aliphatic heterocycles. The first-order chi connectivity index (χ1) is 24.9. The van der Waals surface area contributed by atoms with E-state index in [9.17, 15) is 4.79 Å². The van der Waals surface area contributed by atoms with Crippen LogP contribution in [0.4, 0.5) is 0 Å². The third-order valence-corrected chi connectivity index (χ3v) is 10.8. The Bertz CT molecular complexity index is 901. The lowest BCUT2D eigenvalue weighted by Gasteiger charge is -2.18. The predicted molar refractivity (Wildman–Crippen MR) is 220 cm³/mol. The molecule has 0 aliphatic rings. The maximum Gasteiger partial charge on any atom is 0.323 e. The summed E-state index contributed by atoms with van der Waals surface area (Å²) in [7, 11) is 0. The molecular weight excluding hydrogens is 627 g/mol. The number of pyridine rings is 1.